The number of aryl methyl sites for hydroxylation is 1. The SMILES string of the molecule is CCOC(=O)c1c(CN(C)CC(=O)Nc2ccc(Br)cn2)nc2ccccc2c1C. The number of ether oxygens (including phenoxy) is 1. The molecule has 0 fully saturated rings. The summed E-state index contributed by atoms with van der Waals surface area (Å²) in [5, 5.41) is 3.67. The van der Waals surface area contributed by atoms with Crippen molar-refractivity contribution in [2.45, 2.75) is 20.4 Å². The summed E-state index contributed by atoms with van der Waals surface area (Å²) in [4.78, 5) is 35.6. The summed E-state index contributed by atoms with van der Waals surface area (Å²) in [5.41, 5.74) is 2.67. The summed E-state index contributed by atoms with van der Waals surface area (Å²) in [6, 6.07) is 11.2. The number of hydrogen-bond donors (Lipinski definition) is 1. The molecule has 3 rings (SSSR count). The highest BCUT2D eigenvalue weighted by Crippen LogP contribution is 2.24. The standard InChI is InChI=1S/C22H23BrN4O3/c1-4-30-22(29)21-14(2)16-7-5-6-8-17(16)25-18(21)12-27(3)13-20(28)26-19-10-9-15(23)11-24-19/h5-11H,4,12-13H2,1-3H3,(H,24,26,28). The third kappa shape index (κ3) is 5.20. The zero-order valence-corrected chi connectivity index (χ0v) is 18.7. The van der Waals surface area contributed by atoms with Gasteiger partial charge in [-0.05, 0) is 60.6 Å². The van der Waals surface area contributed by atoms with Crippen molar-refractivity contribution in [3.8, 4) is 0 Å². The number of aromatic nitrogens is 2. The van der Waals surface area contributed by atoms with Crippen LogP contribution in [0.25, 0.3) is 10.9 Å². The van der Waals surface area contributed by atoms with Crippen LogP contribution >= 0.6 is 15.9 Å². The maximum Gasteiger partial charge on any atom is 0.340 e. The van der Waals surface area contributed by atoms with Gasteiger partial charge in [0, 0.05) is 22.6 Å². The second-order valence-electron chi connectivity index (χ2n) is 6.88. The van der Waals surface area contributed by atoms with Crippen molar-refractivity contribution in [3.05, 3.63) is 63.9 Å². The van der Waals surface area contributed by atoms with Crippen molar-refractivity contribution in [1.82, 2.24) is 14.9 Å². The van der Waals surface area contributed by atoms with Crippen LogP contribution in [0.2, 0.25) is 0 Å². The number of carbonyl (C=O) groups excluding carboxylic acids is 2. The number of para-hydroxylation sites is 1. The Morgan fingerprint density at radius 2 is 1.97 bits per heavy atom. The maximum atomic E-state index is 12.6. The van der Waals surface area contributed by atoms with E-state index in [1.54, 1.807) is 37.2 Å². The first-order chi connectivity index (χ1) is 14.4. The Labute approximate surface area is 183 Å². The molecule has 2 aromatic heterocycles. The lowest BCUT2D eigenvalue weighted by atomic mass is 10.0. The molecule has 2 heterocycles. The number of likely N-dealkylation sites (N-methyl/N-ethyl adjacent to an activating group) is 1. The average Bonchev–Trinajstić information content (AvgIpc) is 2.70. The minimum atomic E-state index is -0.403. The largest absolute Gasteiger partial charge is 0.462 e. The molecule has 0 saturated carbocycles. The van der Waals surface area contributed by atoms with Crippen molar-refractivity contribution in [1.29, 1.82) is 0 Å². The fourth-order valence-corrected chi connectivity index (χ4v) is 3.45. The first-order valence-electron chi connectivity index (χ1n) is 9.54. The molecular formula is C22H23BrN4O3. The van der Waals surface area contributed by atoms with Crippen LogP contribution in [-0.4, -0.2) is 46.9 Å². The van der Waals surface area contributed by atoms with Gasteiger partial charge in [-0.25, -0.2) is 9.78 Å². The molecule has 0 aliphatic carbocycles. The van der Waals surface area contributed by atoms with Gasteiger partial charge in [0.15, 0.2) is 0 Å². The molecule has 1 amide bonds. The molecule has 8 heteroatoms. The van der Waals surface area contributed by atoms with Gasteiger partial charge in [-0.2, -0.15) is 0 Å². The fraction of sp³-hybridized carbons (Fsp3) is 0.273. The second-order valence-corrected chi connectivity index (χ2v) is 7.79. The van der Waals surface area contributed by atoms with Gasteiger partial charge in [-0.3, -0.25) is 14.7 Å². The Bertz CT molecular complexity index is 1070. The predicted octanol–water partition coefficient (Wildman–Crippen LogP) is 3.95. The van der Waals surface area contributed by atoms with Gasteiger partial charge in [-0.1, -0.05) is 18.2 Å². The van der Waals surface area contributed by atoms with Gasteiger partial charge in [0.2, 0.25) is 5.91 Å². The van der Waals surface area contributed by atoms with Crippen molar-refractivity contribution >= 4 is 44.5 Å². The number of esters is 1. The third-order valence-corrected chi connectivity index (χ3v) is 5.00. The van der Waals surface area contributed by atoms with Crippen molar-refractivity contribution < 1.29 is 14.3 Å². The number of rotatable bonds is 7. The molecule has 1 N–H and O–H groups in total. The Kier molecular flexibility index (Phi) is 7.12. The Balaban J connectivity index is 1.81. The van der Waals surface area contributed by atoms with E-state index in [0.717, 1.165) is 20.9 Å². The van der Waals surface area contributed by atoms with Crippen molar-refractivity contribution in [2.75, 3.05) is 25.5 Å². The number of halogens is 1. The van der Waals surface area contributed by atoms with Gasteiger partial charge < -0.3 is 10.1 Å². The van der Waals surface area contributed by atoms with E-state index in [4.69, 9.17) is 4.74 Å². The third-order valence-electron chi connectivity index (χ3n) is 4.53. The topological polar surface area (TPSA) is 84.4 Å². The number of hydrogen-bond acceptors (Lipinski definition) is 6. The van der Waals surface area contributed by atoms with Crippen LogP contribution in [0.4, 0.5) is 5.82 Å². The molecule has 0 saturated heterocycles. The first kappa shape index (κ1) is 21.9. The second kappa shape index (κ2) is 9.77. The lowest BCUT2D eigenvalue weighted by Gasteiger charge is -2.19. The molecule has 0 aliphatic rings. The molecule has 30 heavy (non-hydrogen) atoms. The quantitative estimate of drug-likeness (QED) is 0.526. The summed E-state index contributed by atoms with van der Waals surface area (Å²) < 4.78 is 6.10. The molecule has 3 aromatic rings. The minimum Gasteiger partial charge on any atom is -0.462 e. The molecule has 7 nitrogen and oxygen atoms in total. The Hall–Kier alpha value is -2.84. The van der Waals surface area contributed by atoms with E-state index in [1.807, 2.05) is 31.2 Å². The van der Waals surface area contributed by atoms with E-state index in [-0.39, 0.29) is 19.1 Å². The first-order valence-corrected chi connectivity index (χ1v) is 10.3. The van der Waals surface area contributed by atoms with Gasteiger partial charge >= 0.3 is 5.97 Å². The molecular weight excluding hydrogens is 448 g/mol. The van der Waals surface area contributed by atoms with E-state index in [9.17, 15) is 9.59 Å². The highest BCUT2D eigenvalue weighted by atomic mass is 79.9. The monoisotopic (exact) mass is 470 g/mol. The highest BCUT2D eigenvalue weighted by Gasteiger charge is 2.21. The molecule has 1 aromatic carbocycles. The zero-order chi connectivity index (χ0) is 21.7. The van der Waals surface area contributed by atoms with E-state index in [0.29, 0.717) is 23.6 Å². The van der Waals surface area contributed by atoms with Crippen molar-refractivity contribution in [2.24, 2.45) is 0 Å². The van der Waals surface area contributed by atoms with Crippen LogP contribution in [0, 0.1) is 6.92 Å². The van der Waals surface area contributed by atoms with Crippen LogP contribution in [0.5, 0.6) is 0 Å². The number of benzene rings is 1. The maximum absolute atomic E-state index is 12.6. The molecule has 0 radical (unpaired) electrons. The van der Waals surface area contributed by atoms with E-state index in [2.05, 4.69) is 31.2 Å². The number of nitrogens with zero attached hydrogens (tertiary/aromatic N) is 3. The summed E-state index contributed by atoms with van der Waals surface area (Å²) in [7, 11) is 1.80. The number of nitrogens with one attached hydrogen (secondary N) is 1. The Morgan fingerprint density at radius 1 is 1.20 bits per heavy atom. The summed E-state index contributed by atoms with van der Waals surface area (Å²) >= 11 is 3.31. The minimum absolute atomic E-state index is 0.119. The van der Waals surface area contributed by atoms with Crippen LogP contribution in [-0.2, 0) is 16.1 Å². The average molecular weight is 471 g/mol. The van der Waals surface area contributed by atoms with E-state index >= 15 is 0 Å². The summed E-state index contributed by atoms with van der Waals surface area (Å²) in [6.45, 7) is 4.39. The van der Waals surface area contributed by atoms with Crippen LogP contribution in [0.3, 0.4) is 0 Å². The normalized spacial score (nSPS) is 11.0. The number of pyridine rings is 2. The number of anilines is 1. The van der Waals surface area contributed by atoms with Crippen LogP contribution < -0.4 is 5.32 Å². The Morgan fingerprint density at radius 3 is 2.67 bits per heavy atom. The van der Waals surface area contributed by atoms with Crippen LogP contribution in [0.15, 0.2) is 47.1 Å². The molecule has 0 aliphatic heterocycles. The fourth-order valence-electron chi connectivity index (χ4n) is 3.22. The molecule has 0 unspecified atom stereocenters. The number of fused-ring (bicyclic) bond motifs is 1. The number of carbonyl (C=O) groups is 2. The zero-order valence-electron chi connectivity index (χ0n) is 17.1. The highest BCUT2D eigenvalue weighted by molar-refractivity contribution is 9.10. The smallest absolute Gasteiger partial charge is 0.340 e. The molecule has 0 spiro atoms. The van der Waals surface area contributed by atoms with Gasteiger partial charge in [0.05, 0.1) is 29.9 Å². The molecule has 156 valence electrons. The number of amides is 1. The molecule has 0 bridgehead atoms. The summed E-state index contributed by atoms with van der Waals surface area (Å²) in [5.74, 6) is -0.133. The van der Waals surface area contributed by atoms with Gasteiger partial charge in [-0.15, -0.1) is 0 Å². The van der Waals surface area contributed by atoms with Gasteiger partial charge in [0.1, 0.15) is 5.82 Å². The van der Waals surface area contributed by atoms with Crippen LogP contribution in [0.1, 0.15) is 28.5 Å². The summed E-state index contributed by atoms with van der Waals surface area (Å²) in [6.07, 6.45) is 1.62. The van der Waals surface area contributed by atoms with Crippen molar-refractivity contribution in [3.63, 3.8) is 0 Å². The lowest BCUT2D eigenvalue weighted by Crippen LogP contribution is -2.31. The van der Waals surface area contributed by atoms with Gasteiger partial charge in [0.25, 0.3) is 0 Å². The lowest BCUT2D eigenvalue weighted by molar-refractivity contribution is -0.117. The van der Waals surface area contributed by atoms with E-state index in [1.165, 1.54) is 0 Å². The molecule has 0 atom stereocenters. The van der Waals surface area contributed by atoms with E-state index < -0.39 is 5.97 Å². The predicted molar refractivity (Wildman–Crippen MR) is 119 cm³/mol.